The molecule has 168 valence electrons. The van der Waals surface area contributed by atoms with Crippen molar-refractivity contribution < 1.29 is 17.9 Å². The summed E-state index contributed by atoms with van der Waals surface area (Å²) in [5.74, 6) is 0.979. The second-order valence-electron chi connectivity index (χ2n) is 8.22. The van der Waals surface area contributed by atoms with Gasteiger partial charge in [0, 0.05) is 39.3 Å². The van der Waals surface area contributed by atoms with E-state index in [0.717, 1.165) is 18.4 Å². The molecule has 2 aromatic rings. The Balaban J connectivity index is 1.88. The highest BCUT2D eigenvalue weighted by molar-refractivity contribution is 7.89. The van der Waals surface area contributed by atoms with Crippen LogP contribution in [0.15, 0.2) is 23.2 Å². The maximum absolute atomic E-state index is 13.4. The van der Waals surface area contributed by atoms with Crippen molar-refractivity contribution >= 4 is 15.9 Å². The van der Waals surface area contributed by atoms with Crippen LogP contribution in [0.2, 0.25) is 0 Å². The number of benzene rings is 1. The van der Waals surface area contributed by atoms with Crippen LogP contribution in [0.3, 0.4) is 0 Å². The molecule has 31 heavy (non-hydrogen) atoms. The Morgan fingerprint density at radius 3 is 2.52 bits per heavy atom. The summed E-state index contributed by atoms with van der Waals surface area (Å²) in [6.07, 6.45) is 3.07. The van der Waals surface area contributed by atoms with Crippen molar-refractivity contribution in [3.63, 3.8) is 0 Å². The first-order valence-electron chi connectivity index (χ1n) is 10.3. The number of piperidine rings is 1. The molecule has 1 atom stereocenters. The number of hydrogen-bond donors (Lipinski definition) is 0. The van der Waals surface area contributed by atoms with E-state index >= 15 is 0 Å². The first kappa shape index (κ1) is 23.1. The van der Waals surface area contributed by atoms with E-state index in [9.17, 15) is 13.2 Å². The van der Waals surface area contributed by atoms with Gasteiger partial charge in [-0.25, -0.2) is 18.4 Å². The molecular formula is C22H30N4O4S. The molecule has 8 nitrogen and oxygen atoms in total. The molecule has 1 saturated heterocycles. The SMILES string of the molecule is COc1cc(C)c(S(=O)(=O)N2CCC[C@H](c3ncc(C(=O)N(C)C)c(C)n3)C2)cc1C. The number of amides is 1. The summed E-state index contributed by atoms with van der Waals surface area (Å²) in [5, 5.41) is 0. The van der Waals surface area contributed by atoms with Gasteiger partial charge in [-0.3, -0.25) is 4.79 Å². The smallest absolute Gasteiger partial charge is 0.256 e. The number of sulfonamides is 1. The second kappa shape index (κ2) is 8.92. The topological polar surface area (TPSA) is 92.7 Å². The first-order chi connectivity index (χ1) is 14.6. The lowest BCUT2D eigenvalue weighted by atomic mass is 9.98. The van der Waals surface area contributed by atoms with E-state index in [1.165, 1.54) is 9.21 Å². The highest BCUT2D eigenvalue weighted by Crippen LogP contribution is 2.32. The van der Waals surface area contributed by atoms with Crippen LogP contribution in [-0.2, 0) is 10.0 Å². The first-order valence-corrected chi connectivity index (χ1v) is 11.7. The van der Waals surface area contributed by atoms with Gasteiger partial charge in [0.25, 0.3) is 5.91 Å². The van der Waals surface area contributed by atoms with Crippen molar-refractivity contribution in [2.45, 2.75) is 44.4 Å². The number of hydrogen-bond acceptors (Lipinski definition) is 6. The van der Waals surface area contributed by atoms with Gasteiger partial charge in [-0.2, -0.15) is 4.31 Å². The van der Waals surface area contributed by atoms with Gasteiger partial charge in [0.15, 0.2) is 0 Å². The van der Waals surface area contributed by atoms with Gasteiger partial charge in [0.2, 0.25) is 10.0 Å². The number of carbonyl (C=O) groups is 1. The maximum atomic E-state index is 13.4. The number of rotatable bonds is 5. The molecule has 0 bridgehead atoms. The van der Waals surface area contributed by atoms with Crippen LogP contribution in [0.4, 0.5) is 0 Å². The van der Waals surface area contributed by atoms with E-state index in [2.05, 4.69) is 9.97 Å². The van der Waals surface area contributed by atoms with Crippen LogP contribution in [0.5, 0.6) is 5.75 Å². The monoisotopic (exact) mass is 446 g/mol. The highest BCUT2D eigenvalue weighted by atomic mass is 32.2. The number of methoxy groups -OCH3 is 1. The molecular weight excluding hydrogens is 416 g/mol. The second-order valence-corrected chi connectivity index (χ2v) is 10.1. The molecule has 0 N–H and O–H groups in total. The summed E-state index contributed by atoms with van der Waals surface area (Å²) in [6, 6.07) is 3.44. The third-order valence-electron chi connectivity index (χ3n) is 5.69. The quantitative estimate of drug-likeness (QED) is 0.701. The zero-order valence-corrected chi connectivity index (χ0v) is 19.8. The van der Waals surface area contributed by atoms with Gasteiger partial charge in [-0.1, -0.05) is 0 Å². The summed E-state index contributed by atoms with van der Waals surface area (Å²) < 4.78 is 33.7. The third-order valence-corrected chi connectivity index (χ3v) is 7.70. The van der Waals surface area contributed by atoms with Crippen molar-refractivity contribution in [1.82, 2.24) is 19.2 Å². The molecule has 1 amide bonds. The van der Waals surface area contributed by atoms with Gasteiger partial charge in [-0.05, 0) is 56.9 Å². The normalized spacial score (nSPS) is 17.4. The fraction of sp³-hybridized carbons (Fsp3) is 0.500. The molecule has 1 aliphatic rings. The molecule has 3 rings (SSSR count). The number of nitrogens with zero attached hydrogens (tertiary/aromatic N) is 4. The molecule has 0 saturated carbocycles. The summed E-state index contributed by atoms with van der Waals surface area (Å²) in [6.45, 7) is 6.17. The van der Waals surface area contributed by atoms with Crippen molar-refractivity contribution in [2.75, 3.05) is 34.3 Å². The van der Waals surface area contributed by atoms with Crippen LogP contribution in [0, 0.1) is 20.8 Å². The fourth-order valence-corrected chi connectivity index (χ4v) is 5.72. The molecule has 2 heterocycles. The molecule has 1 fully saturated rings. The zero-order valence-electron chi connectivity index (χ0n) is 19.0. The standard InChI is InChI=1S/C22H30N4O4S/c1-14-11-20(15(2)10-19(14)30-6)31(28,29)26-9-7-8-17(13-26)21-23-12-18(16(3)24-21)22(27)25(4)5/h10-12,17H,7-9,13H2,1-6H3/t17-/m0/s1. The summed E-state index contributed by atoms with van der Waals surface area (Å²) in [5.41, 5.74) is 2.49. The third kappa shape index (κ3) is 4.57. The number of aromatic nitrogens is 2. The summed E-state index contributed by atoms with van der Waals surface area (Å²) in [7, 11) is 1.28. The van der Waals surface area contributed by atoms with Gasteiger partial charge >= 0.3 is 0 Å². The van der Waals surface area contributed by atoms with Crippen molar-refractivity contribution in [2.24, 2.45) is 0 Å². The highest BCUT2D eigenvalue weighted by Gasteiger charge is 2.33. The average Bonchev–Trinajstić information content (AvgIpc) is 2.74. The maximum Gasteiger partial charge on any atom is 0.256 e. The van der Waals surface area contributed by atoms with Gasteiger partial charge in [0.05, 0.1) is 23.3 Å². The lowest BCUT2D eigenvalue weighted by Crippen LogP contribution is -2.39. The number of carbonyl (C=O) groups excluding carboxylic acids is 1. The molecule has 0 spiro atoms. The largest absolute Gasteiger partial charge is 0.496 e. The van der Waals surface area contributed by atoms with E-state index in [1.54, 1.807) is 53.4 Å². The van der Waals surface area contributed by atoms with E-state index in [-0.39, 0.29) is 11.8 Å². The minimum absolute atomic E-state index is 0.120. The molecule has 9 heteroatoms. The van der Waals surface area contributed by atoms with E-state index < -0.39 is 10.0 Å². The molecule has 0 radical (unpaired) electrons. The summed E-state index contributed by atoms with van der Waals surface area (Å²) >= 11 is 0. The Morgan fingerprint density at radius 2 is 1.90 bits per heavy atom. The van der Waals surface area contributed by atoms with Gasteiger partial charge in [-0.15, -0.1) is 0 Å². The van der Waals surface area contributed by atoms with Gasteiger partial charge in [0.1, 0.15) is 11.6 Å². The molecule has 0 unspecified atom stereocenters. The molecule has 0 aliphatic carbocycles. The Kier molecular flexibility index (Phi) is 6.66. The molecule has 1 aliphatic heterocycles. The van der Waals surface area contributed by atoms with Crippen LogP contribution in [0.1, 0.15) is 51.8 Å². The Hall–Kier alpha value is -2.52. The Labute approximate surface area is 184 Å². The van der Waals surface area contributed by atoms with Crippen LogP contribution >= 0.6 is 0 Å². The van der Waals surface area contributed by atoms with Crippen molar-refractivity contribution in [3.05, 3.63) is 46.5 Å². The number of ether oxygens (including phenoxy) is 1. The van der Waals surface area contributed by atoms with E-state index in [1.807, 2.05) is 6.92 Å². The fourth-order valence-electron chi connectivity index (χ4n) is 3.90. The van der Waals surface area contributed by atoms with Crippen LogP contribution in [-0.4, -0.2) is 67.8 Å². The minimum Gasteiger partial charge on any atom is -0.496 e. The zero-order chi connectivity index (χ0) is 22.9. The lowest BCUT2D eigenvalue weighted by Gasteiger charge is -2.32. The predicted molar refractivity (Wildman–Crippen MR) is 118 cm³/mol. The average molecular weight is 447 g/mol. The van der Waals surface area contributed by atoms with Crippen molar-refractivity contribution in [1.29, 1.82) is 0 Å². The minimum atomic E-state index is -3.66. The number of aryl methyl sites for hydroxylation is 3. The molecule has 1 aromatic heterocycles. The Morgan fingerprint density at radius 1 is 1.19 bits per heavy atom. The lowest BCUT2D eigenvalue weighted by molar-refractivity contribution is 0.0826. The van der Waals surface area contributed by atoms with Crippen molar-refractivity contribution in [3.8, 4) is 5.75 Å². The van der Waals surface area contributed by atoms with Crippen LogP contribution in [0.25, 0.3) is 0 Å². The Bertz CT molecular complexity index is 1100. The molecule has 1 aromatic carbocycles. The van der Waals surface area contributed by atoms with Gasteiger partial charge < -0.3 is 9.64 Å². The van der Waals surface area contributed by atoms with E-state index in [4.69, 9.17) is 4.74 Å². The summed E-state index contributed by atoms with van der Waals surface area (Å²) in [4.78, 5) is 23.0. The van der Waals surface area contributed by atoms with Crippen LogP contribution < -0.4 is 4.74 Å². The van der Waals surface area contributed by atoms with E-state index in [0.29, 0.717) is 46.4 Å². The predicted octanol–water partition coefficient (Wildman–Crippen LogP) is 2.68.